The van der Waals surface area contributed by atoms with Crippen LogP contribution in [0.3, 0.4) is 0 Å². The summed E-state index contributed by atoms with van der Waals surface area (Å²) < 4.78 is 0. The lowest BCUT2D eigenvalue weighted by molar-refractivity contribution is -0.140. The van der Waals surface area contributed by atoms with Crippen LogP contribution >= 0.6 is 0 Å². The van der Waals surface area contributed by atoms with Gasteiger partial charge in [-0.2, -0.15) is 0 Å². The summed E-state index contributed by atoms with van der Waals surface area (Å²) in [7, 11) is 0. The molecule has 198 valence electrons. The average Bonchev–Trinajstić information content (AvgIpc) is 3.24. The molecule has 8 nitrogen and oxygen atoms in total. The number of nitrogens with zero attached hydrogens (tertiary/aromatic N) is 2. The summed E-state index contributed by atoms with van der Waals surface area (Å²) in [6.45, 7) is 11.1. The molecular formula is C30H32N2O6. The summed E-state index contributed by atoms with van der Waals surface area (Å²) in [6.07, 6.45) is 0. The molecule has 2 heterocycles. The van der Waals surface area contributed by atoms with Gasteiger partial charge in [0.05, 0.1) is 22.5 Å². The molecule has 0 unspecified atom stereocenters. The molecule has 2 aliphatic rings. The Kier molecular flexibility index (Phi) is 6.55. The first-order valence-electron chi connectivity index (χ1n) is 12.4. The van der Waals surface area contributed by atoms with Gasteiger partial charge in [-0.25, -0.2) is 0 Å². The van der Waals surface area contributed by atoms with Crippen molar-refractivity contribution in [1.82, 2.24) is 9.80 Å². The first-order valence-corrected chi connectivity index (χ1v) is 12.4. The first-order chi connectivity index (χ1) is 17.6. The molecule has 2 aromatic carbocycles. The Morgan fingerprint density at radius 2 is 0.895 bits per heavy atom. The quantitative estimate of drug-likeness (QED) is 0.593. The van der Waals surface area contributed by atoms with Gasteiger partial charge in [-0.3, -0.25) is 29.0 Å². The number of carbonyl (C=O) groups is 4. The minimum absolute atomic E-state index is 0.0240. The Bertz CT molecular complexity index is 1290. The van der Waals surface area contributed by atoms with Crippen LogP contribution in [-0.2, 0) is 30.0 Å². The fraction of sp³-hybridized carbons (Fsp3) is 0.333. The number of carbonyl (C=O) groups excluding carboxylic acids is 2. The highest BCUT2D eigenvalue weighted by Crippen LogP contribution is 2.46. The van der Waals surface area contributed by atoms with E-state index in [-0.39, 0.29) is 33.4 Å². The number of carboxylic acid groups (broad SMARTS) is 2. The second-order valence-corrected chi connectivity index (χ2v) is 11.7. The average molecular weight is 517 g/mol. The van der Waals surface area contributed by atoms with Gasteiger partial charge in [-0.1, -0.05) is 90.1 Å². The third-order valence-electron chi connectivity index (χ3n) is 6.82. The number of benzene rings is 2. The summed E-state index contributed by atoms with van der Waals surface area (Å²) in [4.78, 5) is 53.2. The predicted molar refractivity (Wildman–Crippen MR) is 143 cm³/mol. The second kappa shape index (κ2) is 9.28. The second-order valence-electron chi connectivity index (χ2n) is 11.7. The summed E-state index contributed by atoms with van der Waals surface area (Å²) in [6, 6.07) is 14.6. The van der Waals surface area contributed by atoms with Crippen molar-refractivity contribution in [3.63, 3.8) is 0 Å². The zero-order valence-electron chi connectivity index (χ0n) is 22.5. The number of hydrogen-bond acceptors (Lipinski definition) is 4. The maximum atomic E-state index is 13.8. The molecule has 2 amide bonds. The van der Waals surface area contributed by atoms with Crippen LogP contribution in [-0.4, -0.2) is 56.9 Å². The van der Waals surface area contributed by atoms with Crippen molar-refractivity contribution < 1.29 is 29.4 Å². The Balaban J connectivity index is 1.97. The monoisotopic (exact) mass is 516 g/mol. The highest BCUT2D eigenvalue weighted by atomic mass is 16.4. The van der Waals surface area contributed by atoms with Gasteiger partial charge in [-0.05, 0) is 33.1 Å². The lowest BCUT2D eigenvalue weighted by Gasteiger charge is -2.25. The normalized spacial score (nSPS) is 16.1. The van der Waals surface area contributed by atoms with Crippen molar-refractivity contribution >= 4 is 35.1 Å². The number of carboxylic acids is 2. The summed E-state index contributed by atoms with van der Waals surface area (Å²) in [5, 5.41) is 19.2. The van der Waals surface area contributed by atoms with Crippen molar-refractivity contribution in [2.45, 2.75) is 52.4 Å². The van der Waals surface area contributed by atoms with Gasteiger partial charge in [0, 0.05) is 0 Å². The Hall–Kier alpha value is -4.20. The molecule has 0 radical (unpaired) electrons. The molecular weight excluding hydrogens is 484 g/mol. The van der Waals surface area contributed by atoms with Crippen LogP contribution in [0.2, 0.25) is 0 Å². The van der Waals surface area contributed by atoms with Crippen molar-refractivity contribution in [3.8, 4) is 0 Å². The van der Waals surface area contributed by atoms with Gasteiger partial charge in [-0.15, -0.1) is 0 Å². The smallest absolute Gasteiger partial charge is 0.323 e. The van der Waals surface area contributed by atoms with E-state index in [1.807, 2.05) is 24.3 Å². The van der Waals surface area contributed by atoms with Crippen LogP contribution < -0.4 is 0 Å². The molecule has 0 aliphatic carbocycles. The van der Waals surface area contributed by atoms with Crippen LogP contribution in [0.1, 0.15) is 63.8 Å². The van der Waals surface area contributed by atoms with Crippen molar-refractivity contribution in [1.29, 1.82) is 0 Å². The van der Waals surface area contributed by atoms with E-state index in [0.29, 0.717) is 11.1 Å². The number of amides is 2. The summed E-state index contributed by atoms with van der Waals surface area (Å²) in [5.74, 6) is -3.75. The van der Waals surface area contributed by atoms with Crippen molar-refractivity contribution in [3.05, 3.63) is 81.9 Å². The Morgan fingerprint density at radius 3 is 1.13 bits per heavy atom. The Morgan fingerprint density at radius 1 is 0.605 bits per heavy atom. The lowest BCUT2D eigenvalue weighted by atomic mass is 9.86. The molecule has 0 fully saturated rings. The van der Waals surface area contributed by atoms with Crippen LogP contribution in [0.25, 0.3) is 11.4 Å². The van der Waals surface area contributed by atoms with Gasteiger partial charge in [0.15, 0.2) is 0 Å². The van der Waals surface area contributed by atoms with Crippen molar-refractivity contribution in [2.75, 3.05) is 13.1 Å². The van der Waals surface area contributed by atoms with E-state index in [1.165, 1.54) is 0 Å². The Labute approximate surface area is 221 Å². The van der Waals surface area contributed by atoms with E-state index in [4.69, 9.17) is 0 Å². The van der Waals surface area contributed by atoms with Crippen molar-refractivity contribution in [2.24, 2.45) is 0 Å². The maximum absolute atomic E-state index is 13.8. The number of hydrogen-bond donors (Lipinski definition) is 2. The van der Waals surface area contributed by atoms with Gasteiger partial charge in [0.25, 0.3) is 11.8 Å². The van der Waals surface area contributed by atoms with E-state index in [1.54, 1.807) is 24.3 Å². The molecule has 4 rings (SSSR count). The standard InChI is InChI=1S/C30H32N2O6/c1-29(2,3)19-11-7-17(8-12-19)25-23-24(28(38)31(25)15-21(33)34)26(32(27(23)37)16-22(35)36)18-9-13-20(14-10-18)30(4,5)6/h7-14H,15-16H2,1-6H3,(H,33,34)(H,35,36). The van der Waals surface area contributed by atoms with E-state index in [9.17, 15) is 29.4 Å². The first kappa shape index (κ1) is 26.9. The van der Waals surface area contributed by atoms with Gasteiger partial charge >= 0.3 is 11.9 Å². The molecule has 8 heteroatoms. The van der Waals surface area contributed by atoms with Crippen LogP contribution in [0.15, 0.2) is 59.7 Å². The van der Waals surface area contributed by atoms with Gasteiger partial charge in [0.2, 0.25) is 0 Å². The molecule has 2 N–H and O–H groups in total. The largest absolute Gasteiger partial charge is 0.480 e. The zero-order valence-corrected chi connectivity index (χ0v) is 22.5. The minimum Gasteiger partial charge on any atom is -0.480 e. The number of aliphatic carboxylic acids is 2. The SMILES string of the molecule is CC(C)(C)c1ccc(C2=C3C(=O)N(CC(=O)O)C(c4ccc(C(C)(C)C)cc4)=C3C(=O)N2CC(=O)O)cc1. The van der Waals surface area contributed by atoms with Gasteiger partial charge in [0.1, 0.15) is 13.1 Å². The lowest BCUT2D eigenvalue weighted by Crippen LogP contribution is -2.34. The molecule has 0 saturated heterocycles. The molecule has 38 heavy (non-hydrogen) atoms. The highest BCUT2D eigenvalue weighted by Gasteiger charge is 2.49. The third kappa shape index (κ3) is 4.74. The highest BCUT2D eigenvalue weighted by molar-refractivity contribution is 6.30. The van der Waals surface area contributed by atoms with Crippen LogP contribution in [0, 0.1) is 0 Å². The third-order valence-corrected chi connectivity index (χ3v) is 6.82. The van der Waals surface area contributed by atoms with Gasteiger partial charge < -0.3 is 10.2 Å². The molecule has 0 spiro atoms. The predicted octanol–water partition coefficient (Wildman–Crippen LogP) is 4.26. The maximum Gasteiger partial charge on any atom is 0.323 e. The molecule has 0 aromatic heterocycles. The topological polar surface area (TPSA) is 115 Å². The summed E-state index contributed by atoms with van der Waals surface area (Å²) in [5.41, 5.74) is 3.19. The molecule has 0 bridgehead atoms. The molecule has 0 atom stereocenters. The fourth-order valence-electron chi connectivity index (χ4n) is 4.82. The molecule has 2 aromatic rings. The van der Waals surface area contributed by atoms with E-state index in [0.717, 1.165) is 20.9 Å². The fourth-order valence-corrected chi connectivity index (χ4v) is 4.82. The molecule has 0 saturated carbocycles. The van der Waals surface area contributed by atoms with E-state index in [2.05, 4.69) is 41.5 Å². The van der Waals surface area contributed by atoms with E-state index >= 15 is 0 Å². The number of fused-ring (bicyclic) bond motifs is 1. The van der Waals surface area contributed by atoms with Crippen LogP contribution in [0.4, 0.5) is 0 Å². The molecule has 2 aliphatic heterocycles. The minimum atomic E-state index is -1.23. The number of rotatable bonds is 6. The van der Waals surface area contributed by atoms with Crippen LogP contribution in [0.5, 0.6) is 0 Å². The zero-order chi connectivity index (χ0) is 28.2. The van der Waals surface area contributed by atoms with E-state index < -0.39 is 36.8 Å². The summed E-state index contributed by atoms with van der Waals surface area (Å²) >= 11 is 0.